The summed E-state index contributed by atoms with van der Waals surface area (Å²) in [4.78, 5) is -0.582. The third kappa shape index (κ3) is 4.96. The van der Waals surface area contributed by atoms with Crippen LogP contribution in [0.4, 0.5) is 13.2 Å². The number of hydrogen-bond donors (Lipinski definition) is 2. The largest absolute Gasteiger partial charge is 0.416 e. The summed E-state index contributed by atoms with van der Waals surface area (Å²) >= 11 is 5.77. The van der Waals surface area contributed by atoms with Gasteiger partial charge >= 0.3 is 6.18 Å². The van der Waals surface area contributed by atoms with Crippen LogP contribution in [0.2, 0.25) is 5.02 Å². The van der Waals surface area contributed by atoms with E-state index in [1.54, 1.807) is 0 Å². The normalized spacial score (nSPS) is 22.5. The highest BCUT2D eigenvalue weighted by Gasteiger charge is 2.34. The number of hydrogen-bond acceptors (Lipinski definition) is 3. The Morgan fingerprint density at radius 2 is 1.83 bits per heavy atom. The molecule has 0 saturated heterocycles. The summed E-state index contributed by atoms with van der Waals surface area (Å²) in [6.45, 7) is 0. The molecule has 0 unspecified atom stereocenters. The number of halogens is 5. The molecular weight excluding hydrogens is 376 g/mol. The standard InChI is InChI=1S/C13H16ClF3N2O2S.ClH/c14-9-6-5-8(13(15,16)17)7-12(9)22(20,21)19-11-4-2-1-3-10(11)18;/h5-7,10-11,19H,1-4,18H2;1H/t10-,11-;/m1./s1. The van der Waals surface area contributed by atoms with Gasteiger partial charge in [0.15, 0.2) is 0 Å². The smallest absolute Gasteiger partial charge is 0.326 e. The van der Waals surface area contributed by atoms with Gasteiger partial charge in [0.1, 0.15) is 4.90 Å². The number of nitrogens with one attached hydrogen (secondary N) is 1. The quantitative estimate of drug-likeness (QED) is 0.828. The molecule has 2 rings (SSSR count). The highest BCUT2D eigenvalue weighted by atomic mass is 35.5. The fourth-order valence-electron chi connectivity index (χ4n) is 2.45. The van der Waals surface area contributed by atoms with Gasteiger partial charge in [-0.1, -0.05) is 24.4 Å². The highest BCUT2D eigenvalue weighted by molar-refractivity contribution is 7.89. The summed E-state index contributed by atoms with van der Waals surface area (Å²) in [6, 6.07) is 1.37. The monoisotopic (exact) mass is 392 g/mol. The SMILES string of the molecule is Cl.N[C@@H]1CCCC[C@H]1NS(=O)(=O)c1cc(C(F)(F)F)ccc1Cl. The lowest BCUT2D eigenvalue weighted by molar-refractivity contribution is -0.137. The van der Waals surface area contributed by atoms with Gasteiger partial charge in [-0.2, -0.15) is 13.2 Å². The molecule has 0 aromatic heterocycles. The molecule has 0 radical (unpaired) electrons. The van der Waals surface area contributed by atoms with Crippen LogP contribution in [0.15, 0.2) is 23.1 Å². The lowest BCUT2D eigenvalue weighted by Gasteiger charge is -2.29. The minimum Gasteiger partial charge on any atom is -0.326 e. The Morgan fingerprint density at radius 1 is 1.22 bits per heavy atom. The van der Waals surface area contributed by atoms with E-state index in [9.17, 15) is 21.6 Å². The van der Waals surface area contributed by atoms with Gasteiger partial charge < -0.3 is 5.73 Å². The molecule has 1 aromatic rings. The van der Waals surface area contributed by atoms with E-state index in [1.807, 2.05) is 0 Å². The van der Waals surface area contributed by atoms with Crippen molar-refractivity contribution in [1.82, 2.24) is 4.72 Å². The molecule has 1 aromatic carbocycles. The first kappa shape index (κ1) is 20.5. The van der Waals surface area contributed by atoms with Crippen molar-refractivity contribution in [2.75, 3.05) is 0 Å². The first-order valence-electron chi connectivity index (χ1n) is 6.76. The molecule has 10 heteroatoms. The van der Waals surface area contributed by atoms with Crippen molar-refractivity contribution in [2.45, 2.75) is 48.8 Å². The van der Waals surface area contributed by atoms with Crippen molar-refractivity contribution in [2.24, 2.45) is 5.73 Å². The molecular formula is C13H17Cl2F3N2O2S. The Bertz CT molecular complexity index is 653. The minimum absolute atomic E-state index is 0. The van der Waals surface area contributed by atoms with Crippen LogP contribution in [0.3, 0.4) is 0 Å². The highest BCUT2D eigenvalue weighted by Crippen LogP contribution is 2.33. The van der Waals surface area contributed by atoms with Crippen molar-refractivity contribution in [3.63, 3.8) is 0 Å². The number of benzene rings is 1. The molecule has 0 amide bonds. The molecule has 1 saturated carbocycles. The zero-order chi connectivity index (χ0) is 16.5. The van der Waals surface area contributed by atoms with Gasteiger partial charge in [0.05, 0.1) is 10.6 Å². The van der Waals surface area contributed by atoms with Crippen molar-refractivity contribution >= 4 is 34.0 Å². The van der Waals surface area contributed by atoms with E-state index >= 15 is 0 Å². The third-order valence-corrected chi connectivity index (χ3v) is 5.65. The average Bonchev–Trinajstić information content (AvgIpc) is 2.40. The Morgan fingerprint density at radius 3 is 2.39 bits per heavy atom. The van der Waals surface area contributed by atoms with Crippen LogP contribution in [0.25, 0.3) is 0 Å². The second-order valence-corrected chi connectivity index (χ2v) is 7.41. The number of nitrogens with two attached hydrogens (primary N) is 1. The summed E-state index contributed by atoms with van der Waals surface area (Å²) in [7, 11) is -4.17. The molecule has 23 heavy (non-hydrogen) atoms. The Balaban J connectivity index is 0.00000264. The van der Waals surface area contributed by atoms with Gasteiger partial charge in [0.2, 0.25) is 10.0 Å². The van der Waals surface area contributed by atoms with Gasteiger partial charge in [0, 0.05) is 12.1 Å². The van der Waals surface area contributed by atoms with E-state index in [0.29, 0.717) is 18.9 Å². The van der Waals surface area contributed by atoms with Crippen LogP contribution in [0, 0.1) is 0 Å². The van der Waals surface area contributed by atoms with E-state index < -0.39 is 32.7 Å². The van der Waals surface area contributed by atoms with E-state index in [1.165, 1.54) is 0 Å². The van der Waals surface area contributed by atoms with E-state index in [-0.39, 0.29) is 23.5 Å². The maximum absolute atomic E-state index is 12.7. The summed E-state index contributed by atoms with van der Waals surface area (Å²) in [5, 5.41) is -0.259. The lowest BCUT2D eigenvalue weighted by atomic mass is 9.92. The van der Waals surface area contributed by atoms with Crippen molar-refractivity contribution in [1.29, 1.82) is 0 Å². The zero-order valence-corrected chi connectivity index (χ0v) is 14.3. The fourth-order valence-corrected chi connectivity index (χ4v) is 4.30. The van der Waals surface area contributed by atoms with Gasteiger partial charge in [-0.3, -0.25) is 0 Å². The fraction of sp³-hybridized carbons (Fsp3) is 0.538. The number of rotatable bonds is 3. The molecule has 0 bridgehead atoms. The molecule has 0 aliphatic heterocycles. The van der Waals surface area contributed by atoms with Crippen molar-refractivity contribution in [3.8, 4) is 0 Å². The van der Waals surface area contributed by atoms with Crippen molar-refractivity contribution < 1.29 is 21.6 Å². The second kappa shape index (κ2) is 7.57. The predicted molar refractivity (Wildman–Crippen MR) is 84.3 cm³/mol. The average molecular weight is 393 g/mol. The van der Waals surface area contributed by atoms with Gasteiger partial charge in [-0.25, -0.2) is 13.1 Å². The predicted octanol–water partition coefficient (Wildman–Crippen LogP) is 3.33. The van der Waals surface area contributed by atoms with E-state index in [4.69, 9.17) is 17.3 Å². The Hall–Kier alpha value is -0.540. The second-order valence-electron chi connectivity index (χ2n) is 5.32. The van der Waals surface area contributed by atoms with Crippen LogP contribution in [0.5, 0.6) is 0 Å². The number of alkyl halides is 3. The van der Waals surface area contributed by atoms with Crippen LogP contribution in [-0.2, 0) is 16.2 Å². The molecule has 1 fully saturated rings. The zero-order valence-electron chi connectivity index (χ0n) is 11.9. The molecule has 132 valence electrons. The maximum Gasteiger partial charge on any atom is 0.416 e. The summed E-state index contributed by atoms with van der Waals surface area (Å²) in [6.07, 6.45) is -1.70. The summed E-state index contributed by atoms with van der Waals surface area (Å²) in [5.41, 5.74) is 4.80. The molecule has 0 spiro atoms. The van der Waals surface area contributed by atoms with Gasteiger partial charge in [0.25, 0.3) is 0 Å². The summed E-state index contributed by atoms with van der Waals surface area (Å²) in [5.74, 6) is 0. The van der Waals surface area contributed by atoms with E-state index in [0.717, 1.165) is 25.0 Å². The third-order valence-electron chi connectivity index (χ3n) is 3.67. The van der Waals surface area contributed by atoms with Crippen molar-refractivity contribution in [3.05, 3.63) is 28.8 Å². The van der Waals surface area contributed by atoms with Gasteiger partial charge in [-0.15, -0.1) is 12.4 Å². The first-order valence-corrected chi connectivity index (χ1v) is 8.62. The lowest BCUT2D eigenvalue weighted by Crippen LogP contribution is -2.49. The molecule has 2 atom stereocenters. The molecule has 1 aliphatic rings. The molecule has 0 heterocycles. The number of sulfonamides is 1. The van der Waals surface area contributed by atoms with Gasteiger partial charge in [-0.05, 0) is 31.0 Å². The minimum atomic E-state index is -4.64. The maximum atomic E-state index is 12.7. The topological polar surface area (TPSA) is 72.2 Å². The Labute approximate surface area is 144 Å². The Kier molecular flexibility index (Phi) is 6.74. The molecule has 1 aliphatic carbocycles. The molecule has 3 N–H and O–H groups in total. The van der Waals surface area contributed by atoms with Crippen LogP contribution in [0.1, 0.15) is 31.2 Å². The van der Waals surface area contributed by atoms with Crippen LogP contribution >= 0.6 is 24.0 Å². The summed E-state index contributed by atoms with van der Waals surface area (Å²) < 4.78 is 65.2. The van der Waals surface area contributed by atoms with E-state index in [2.05, 4.69) is 4.72 Å². The first-order chi connectivity index (χ1) is 10.1. The molecule has 4 nitrogen and oxygen atoms in total. The van der Waals surface area contributed by atoms with Crippen LogP contribution < -0.4 is 10.5 Å². The van der Waals surface area contributed by atoms with Crippen LogP contribution in [-0.4, -0.2) is 20.5 Å².